The number of carbonyl (C=O) groups is 4. The summed E-state index contributed by atoms with van der Waals surface area (Å²) in [4.78, 5) is 46.9. The number of amides is 4. The Bertz CT molecular complexity index is 753. The van der Waals surface area contributed by atoms with Gasteiger partial charge in [0.1, 0.15) is 12.3 Å². The molecule has 1 aromatic carbocycles. The summed E-state index contributed by atoms with van der Waals surface area (Å²) in [6, 6.07) is 4.63. The summed E-state index contributed by atoms with van der Waals surface area (Å²) >= 11 is 0. The molecule has 0 spiro atoms. The predicted octanol–water partition coefficient (Wildman–Crippen LogP) is 1.33. The van der Waals surface area contributed by atoms with E-state index in [1.54, 1.807) is 0 Å². The molecule has 9 nitrogen and oxygen atoms in total. The number of halogens is 2. The lowest BCUT2D eigenvalue weighted by Crippen LogP contribution is -2.45. The number of carbonyl (C=O) groups excluding carboxylic acids is 4. The van der Waals surface area contributed by atoms with Crippen molar-refractivity contribution in [1.82, 2.24) is 16.0 Å². The number of rotatable bonds is 8. The van der Waals surface area contributed by atoms with Gasteiger partial charge in [0.2, 0.25) is 0 Å². The molecule has 1 fully saturated rings. The van der Waals surface area contributed by atoms with E-state index in [-0.39, 0.29) is 17.4 Å². The van der Waals surface area contributed by atoms with E-state index in [2.05, 4.69) is 20.1 Å². The van der Waals surface area contributed by atoms with Gasteiger partial charge in [-0.15, -0.1) is 0 Å². The van der Waals surface area contributed by atoms with Crippen molar-refractivity contribution >= 4 is 23.8 Å². The smallest absolute Gasteiger partial charge is 0.387 e. The Kier molecular flexibility index (Phi) is 8.31. The van der Waals surface area contributed by atoms with Gasteiger partial charge in [-0.3, -0.25) is 19.7 Å². The molecule has 0 radical (unpaired) electrons. The van der Waals surface area contributed by atoms with Gasteiger partial charge in [-0.1, -0.05) is 25.0 Å². The minimum absolute atomic E-state index is 0.0255. The molecule has 0 aliphatic heterocycles. The van der Waals surface area contributed by atoms with Crippen molar-refractivity contribution in [3.8, 4) is 5.75 Å². The van der Waals surface area contributed by atoms with Gasteiger partial charge in [0, 0.05) is 6.04 Å². The average Bonchev–Trinajstić information content (AvgIpc) is 3.17. The monoisotopic (exact) mass is 413 g/mol. The first-order valence-electron chi connectivity index (χ1n) is 8.93. The molecule has 1 aromatic rings. The Morgan fingerprint density at radius 1 is 1.10 bits per heavy atom. The highest BCUT2D eigenvalue weighted by Crippen LogP contribution is 2.20. The molecule has 11 heteroatoms. The van der Waals surface area contributed by atoms with Crippen molar-refractivity contribution in [2.45, 2.75) is 38.3 Å². The van der Waals surface area contributed by atoms with E-state index in [1.807, 2.05) is 5.32 Å². The maximum absolute atomic E-state index is 12.4. The second-order valence-electron chi connectivity index (χ2n) is 6.22. The van der Waals surface area contributed by atoms with E-state index in [9.17, 15) is 28.0 Å². The SMILES string of the molecule is O=C(COC(=O)CNC(=O)c1ccccc1OC(F)F)NC(=O)NC1CCCC1. The van der Waals surface area contributed by atoms with E-state index in [0.717, 1.165) is 25.7 Å². The standard InChI is InChI=1S/C18H21F2N3O6/c19-17(20)29-13-8-4-3-7-12(13)16(26)21-9-15(25)28-10-14(24)23-18(27)22-11-5-1-2-6-11/h3-4,7-8,11,17H,1-2,5-6,9-10H2,(H,21,26)(H2,22,23,24,27). The van der Waals surface area contributed by atoms with Gasteiger partial charge >= 0.3 is 18.6 Å². The number of nitrogens with one attached hydrogen (secondary N) is 3. The maximum Gasteiger partial charge on any atom is 0.387 e. The van der Waals surface area contributed by atoms with Crippen LogP contribution in [0.15, 0.2) is 24.3 Å². The zero-order valence-electron chi connectivity index (χ0n) is 15.4. The van der Waals surface area contributed by atoms with Gasteiger partial charge < -0.3 is 20.1 Å². The lowest BCUT2D eigenvalue weighted by molar-refractivity contribution is -0.147. The number of imide groups is 1. The minimum Gasteiger partial charge on any atom is -0.454 e. The zero-order valence-corrected chi connectivity index (χ0v) is 15.4. The summed E-state index contributed by atoms with van der Waals surface area (Å²) in [5, 5.41) is 6.85. The fourth-order valence-electron chi connectivity index (χ4n) is 2.75. The molecule has 29 heavy (non-hydrogen) atoms. The summed E-state index contributed by atoms with van der Waals surface area (Å²) in [5.41, 5.74) is -0.193. The first kappa shape index (κ1) is 22.1. The van der Waals surface area contributed by atoms with Crippen molar-refractivity contribution < 1.29 is 37.4 Å². The second-order valence-corrected chi connectivity index (χ2v) is 6.22. The molecule has 1 saturated carbocycles. The highest BCUT2D eigenvalue weighted by atomic mass is 19.3. The summed E-state index contributed by atoms with van der Waals surface area (Å²) < 4.78 is 33.6. The third-order valence-corrected chi connectivity index (χ3v) is 4.05. The van der Waals surface area contributed by atoms with Crippen LogP contribution in [0.3, 0.4) is 0 Å². The van der Waals surface area contributed by atoms with Crippen molar-refractivity contribution in [2.24, 2.45) is 0 Å². The van der Waals surface area contributed by atoms with Gasteiger partial charge in [0.05, 0.1) is 5.56 Å². The maximum atomic E-state index is 12.4. The third-order valence-electron chi connectivity index (χ3n) is 4.05. The van der Waals surface area contributed by atoms with Gasteiger partial charge in [-0.05, 0) is 25.0 Å². The van der Waals surface area contributed by atoms with Gasteiger partial charge in [-0.2, -0.15) is 8.78 Å². The van der Waals surface area contributed by atoms with E-state index in [4.69, 9.17) is 0 Å². The van der Waals surface area contributed by atoms with Crippen LogP contribution in [0, 0.1) is 0 Å². The van der Waals surface area contributed by atoms with E-state index in [1.165, 1.54) is 24.3 Å². The highest BCUT2D eigenvalue weighted by molar-refractivity contribution is 5.99. The molecule has 1 aliphatic rings. The fraction of sp³-hybridized carbons (Fsp3) is 0.444. The number of alkyl halides is 2. The highest BCUT2D eigenvalue weighted by Gasteiger charge is 2.19. The molecule has 0 atom stereocenters. The van der Waals surface area contributed by atoms with Crippen molar-refractivity contribution in [1.29, 1.82) is 0 Å². The molecule has 4 amide bonds. The number of benzene rings is 1. The Labute approximate surface area is 165 Å². The molecule has 0 heterocycles. The Morgan fingerprint density at radius 2 is 1.79 bits per heavy atom. The lowest BCUT2D eigenvalue weighted by atomic mass is 10.2. The van der Waals surface area contributed by atoms with E-state index < -0.39 is 43.6 Å². The topological polar surface area (TPSA) is 123 Å². The summed E-state index contributed by atoms with van der Waals surface area (Å²) in [6.45, 7) is -4.43. The zero-order chi connectivity index (χ0) is 21.2. The number of hydrogen-bond acceptors (Lipinski definition) is 6. The summed E-state index contributed by atoms with van der Waals surface area (Å²) in [5.74, 6) is -2.95. The molecule has 0 bridgehead atoms. The fourth-order valence-corrected chi connectivity index (χ4v) is 2.75. The molecule has 2 rings (SSSR count). The molecule has 1 aliphatic carbocycles. The largest absolute Gasteiger partial charge is 0.454 e. The van der Waals surface area contributed by atoms with Crippen LogP contribution >= 0.6 is 0 Å². The number of para-hydroxylation sites is 1. The van der Waals surface area contributed by atoms with Crippen LogP contribution in [0.4, 0.5) is 13.6 Å². The Balaban J connectivity index is 1.70. The lowest BCUT2D eigenvalue weighted by Gasteiger charge is -2.12. The molecule has 0 saturated heterocycles. The Morgan fingerprint density at radius 3 is 2.48 bits per heavy atom. The Hall–Kier alpha value is -3.24. The molecule has 0 aromatic heterocycles. The van der Waals surface area contributed by atoms with E-state index >= 15 is 0 Å². The van der Waals surface area contributed by atoms with Crippen molar-refractivity contribution in [3.05, 3.63) is 29.8 Å². The van der Waals surface area contributed by atoms with Crippen LogP contribution in [0.2, 0.25) is 0 Å². The van der Waals surface area contributed by atoms with Crippen molar-refractivity contribution in [3.63, 3.8) is 0 Å². The second kappa shape index (κ2) is 10.9. The molecule has 0 unspecified atom stereocenters. The molecular weight excluding hydrogens is 392 g/mol. The molecule has 3 N–H and O–H groups in total. The third kappa shape index (κ3) is 7.72. The van der Waals surface area contributed by atoms with Crippen LogP contribution in [0.25, 0.3) is 0 Å². The van der Waals surface area contributed by atoms with Crippen LogP contribution in [0.1, 0.15) is 36.0 Å². The number of esters is 1. The van der Waals surface area contributed by atoms with Crippen molar-refractivity contribution in [2.75, 3.05) is 13.2 Å². The molecule has 158 valence electrons. The van der Waals surface area contributed by atoms with E-state index in [0.29, 0.717) is 0 Å². The quantitative estimate of drug-likeness (QED) is 0.553. The summed E-state index contributed by atoms with van der Waals surface area (Å²) in [7, 11) is 0. The minimum atomic E-state index is -3.11. The van der Waals surface area contributed by atoms with Gasteiger partial charge in [-0.25, -0.2) is 4.79 Å². The van der Waals surface area contributed by atoms with Gasteiger partial charge in [0.15, 0.2) is 6.61 Å². The van der Waals surface area contributed by atoms with Gasteiger partial charge in [0.25, 0.3) is 11.8 Å². The number of urea groups is 1. The number of ether oxygens (including phenoxy) is 2. The predicted molar refractivity (Wildman–Crippen MR) is 95.3 cm³/mol. The van der Waals surface area contributed by atoms with Crippen LogP contribution in [-0.2, 0) is 14.3 Å². The average molecular weight is 413 g/mol. The normalized spacial score (nSPS) is 13.6. The molecular formula is C18H21F2N3O6. The first-order valence-corrected chi connectivity index (χ1v) is 8.93. The summed E-state index contributed by atoms with van der Waals surface area (Å²) in [6.07, 6.45) is 3.73. The van der Waals surface area contributed by atoms with Crippen LogP contribution < -0.4 is 20.7 Å². The first-order chi connectivity index (χ1) is 13.8. The van der Waals surface area contributed by atoms with Crippen LogP contribution in [-0.4, -0.2) is 49.6 Å². The van der Waals surface area contributed by atoms with Crippen LogP contribution in [0.5, 0.6) is 5.75 Å². The number of hydrogen-bond donors (Lipinski definition) is 3.